The molecule has 3 rings (SSSR count). The summed E-state index contributed by atoms with van der Waals surface area (Å²) in [5, 5.41) is 12.6. The van der Waals surface area contributed by atoms with Gasteiger partial charge in [0.1, 0.15) is 0 Å². The zero-order chi connectivity index (χ0) is 16.2. The molecule has 0 saturated carbocycles. The molecule has 114 valence electrons. The summed E-state index contributed by atoms with van der Waals surface area (Å²) in [6.07, 6.45) is 2.34. The maximum Gasteiger partial charge on any atom is 0.241 e. The quantitative estimate of drug-likeness (QED) is 0.691. The molecule has 0 bridgehead atoms. The van der Waals surface area contributed by atoms with Crippen molar-refractivity contribution in [1.29, 1.82) is 5.26 Å². The van der Waals surface area contributed by atoms with Gasteiger partial charge in [-0.2, -0.15) is 5.26 Å². The Morgan fingerprint density at radius 1 is 1.22 bits per heavy atom. The Balaban J connectivity index is 1.68. The highest BCUT2D eigenvalue weighted by atomic mass is 16.2. The standard InChI is InChI=1S/C18H16N4O/c19-10-12-5-7-14(8-6-12)22-18(23)16(20)9-13-11-21-17-4-2-1-3-15(13)17/h1-8,11,16,21H,9,20H2,(H,22,23)/t16-/m0/s1. The molecule has 2 aromatic carbocycles. The average Bonchev–Trinajstić information content (AvgIpc) is 2.98. The van der Waals surface area contributed by atoms with Crippen LogP contribution in [0.2, 0.25) is 0 Å². The van der Waals surface area contributed by atoms with E-state index in [4.69, 9.17) is 11.0 Å². The maximum atomic E-state index is 12.2. The SMILES string of the molecule is N#Cc1ccc(NC(=O)[C@@H](N)Cc2c[nH]c3ccccc23)cc1. The second-order valence-corrected chi connectivity index (χ2v) is 5.35. The smallest absolute Gasteiger partial charge is 0.241 e. The summed E-state index contributed by atoms with van der Waals surface area (Å²) in [7, 11) is 0. The summed E-state index contributed by atoms with van der Waals surface area (Å²) in [5.41, 5.74) is 9.25. The molecular formula is C18H16N4O. The molecule has 0 aliphatic heterocycles. The zero-order valence-electron chi connectivity index (χ0n) is 12.4. The van der Waals surface area contributed by atoms with Crippen LogP contribution in [-0.2, 0) is 11.2 Å². The van der Waals surface area contributed by atoms with Crippen LogP contribution in [0.4, 0.5) is 5.69 Å². The van der Waals surface area contributed by atoms with Crippen molar-refractivity contribution < 1.29 is 4.79 Å². The summed E-state index contributed by atoms with van der Waals surface area (Å²) in [5.74, 6) is -0.250. The first kappa shape index (κ1) is 14.8. The van der Waals surface area contributed by atoms with E-state index in [0.29, 0.717) is 17.7 Å². The van der Waals surface area contributed by atoms with Crippen LogP contribution in [0.5, 0.6) is 0 Å². The van der Waals surface area contributed by atoms with Gasteiger partial charge in [0.2, 0.25) is 5.91 Å². The lowest BCUT2D eigenvalue weighted by Gasteiger charge is -2.12. The van der Waals surface area contributed by atoms with E-state index in [0.717, 1.165) is 16.5 Å². The van der Waals surface area contributed by atoms with Crippen molar-refractivity contribution in [2.45, 2.75) is 12.5 Å². The van der Waals surface area contributed by atoms with Crippen LogP contribution in [0.1, 0.15) is 11.1 Å². The van der Waals surface area contributed by atoms with Gasteiger partial charge in [-0.05, 0) is 42.3 Å². The lowest BCUT2D eigenvalue weighted by atomic mass is 10.0. The number of nitrogens with two attached hydrogens (primary N) is 1. The second kappa shape index (κ2) is 6.34. The van der Waals surface area contributed by atoms with Gasteiger partial charge < -0.3 is 16.0 Å². The van der Waals surface area contributed by atoms with Crippen LogP contribution >= 0.6 is 0 Å². The molecule has 0 unspecified atom stereocenters. The number of nitriles is 1. The predicted octanol–water partition coefficient (Wildman–Crippen LogP) is 2.55. The fourth-order valence-electron chi connectivity index (χ4n) is 2.49. The Labute approximate surface area is 133 Å². The molecule has 1 heterocycles. The Bertz CT molecular complexity index is 874. The van der Waals surface area contributed by atoms with Crippen molar-refractivity contribution in [1.82, 2.24) is 4.98 Å². The van der Waals surface area contributed by atoms with Crippen LogP contribution in [0.15, 0.2) is 54.7 Å². The monoisotopic (exact) mass is 304 g/mol. The highest BCUT2D eigenvalue weighted by molar-refractivity contribution is 5.95. The molecule has 5 nitrogen and oxygen atoms in total. The van der Waals surface area contributed by atoms with Crippen molar-refractivity contribution in [2.75, 3.05) is 5.32 Å². The van der Waals surface area contributed by atoms with E-state index in [1.807, 2.05) is 36.5 Å². The first-order valence-electron chi connectivity index (χ1n) is 7.29. The number of H-pyrrole nitrogens is 1. The van der Waals surface area contributed by atoms with Crippen molar-refractivity contribution in [3.63, 3.8) is 0 Å². The molecule has 5 heteroatoms. The summed E-state index contributed by atoms with van der Waals surface area (Å²) in [6, 6.07) is 16.0. The molecule has 3 aromatic rings. The van der Waals surface area contributed by atoms with Gasteiger partial charge in [-0.1, -0.05) is 18.2 Å². The van der Waals surface area contributed by atoms with E-state index in [9.17, 15) is 4.79 Å². The minimum absolute atomic E-state index is 0.250. The summed E-state index contributed by atoms with van der Waals surface area (Å²) < 4.78 is 0. The van der Waals surface area contributed by atoms with Crippen LogP contribution in [0, 0.1) is 11.3 Å². The Morgan fingerprint density at radius 3 is 2.70 bits per heavy atom. The molecule has 0 fully saturated rings. The van der Waals surface area contributed by atoms with Crippen molar-refractivity contribution >= 4 is 22.5 Å². The summed E-state index contributed by atoms with van der Waals surface area (Å²) in [6.45, 7) is 0. The minimum atomic E-state index is -0.648. The van der Waals surface area contributed by atoms with Gasteiger partial charge in [0.25, 0.3) is 0 Å². The number of benzene rings is 2. The maximum absolute atomic E-state index is 12.2. The van der Waals surface area contributed by atoms with Gasteiger partial charge in [-0.15, -0.1) is 0 Å². The molecular weight excluding hydrogens is 288 g/mol. The number of carbonyl (C=O) groups is 1. The van der Waals surface area contributed by atoms with E-state index in [1.54, 1.807) is 24.3 Å². The number of aromatic amines is 1. The first-order valence-corrected chi connectivity index (χ1v) is 7.29. The number of anilines is 1. The van der Waals surface area contributed by atoms with Crippen LogP contribution < -0.4 is 11.1 Å². The van der Waals surface area contributed by atoms with E-state index in [1.165, 1.54) is 0 Å². The number of nitrogens with zero attached hydrogens (tertiary/aromatic N) is 1. The zero-order valence-corrected chi connectivity index (χ0v) is 12.4. The lowest BCUT2D eigenvalue weighted by Crippen LogP contribution is -2.37. The number of fused-ring (bicyclic) bond motifs is 1. The van der Waals surface area contributed by atoms with E-state index in [2.05, 4.69) is 10.3 Å². The molecule has 1 aromatic heterocycles. The molecule has 23 heavy (non-hydrogen) atoms. The van der Waals surface area contributed by atoms with Crippen molar-refractivity contribution in [3.8, 4) is 6.07 Å². The number of hydrogen-bond donors (Lipinski definition) is 3. The van der Waals surface area contributed by atoms with Gasteiger partial charge >= 0.3 is 0 Å². The second-order valence-electron chi connectivity index (χ2n) is 5.35. The Morgan fingerprint density at radius 2 is 1.96 bits per heavy atom. The van der Waals surface area contributed by atoms with Gasteiger partial charge in [0.15, 0.2) is 0 Å². The average molecular weight is 304 g/mol. The lowest BCUT2D eigenvalue weighted by molar-refractivity contribution is -0.117. The fraction of sp³-hybridized carbons (Fsp3) is 0.111. The fourth-order valence-corrected chi connectivity index (χ4v) is 2.49. The minimum Gasteiger partial charge on any atom is -0.361 e. The van der Waals surface area contributed by atoms with Crippen LogP contribution in [0.3, 0.4) is 0 Å². The van der Waals surface area contributed by atoms with Gasteiger partial charge in [-0.25, -0.2) is 0 Å². The van der Waals surface area contributed by atoms with Gasteiger partial charge in [0, 0.05) is 22.8 Å². The number of amides is 1. The molecule has 1 amide bonds. The van der Waals surface area contributed by atoms with E-state index >= 15 is 0 Å². The molecule has 0 radical (unpaired) electrons. The number of rotatable bonds is 4. The van der Waals surface area contributed by atoms with Gasteiger partial charge in [0.05, 0.1) is 17.7 Å². The topological polar surface area (TPSA) is 94.7 Å². The molecule has 1 atom stereocenters. The molecule has 0 aliphatic carbocycles. The Kier molecular flexibility index (Phi) is 4.09. The number of carbonyl (C=O) groups excluding carboxylic acids is 1. The number of hydrogen-bond acceptors (Lipinski definition) is 3. The van der Waals surface area contributed by atoms with Crippen LogP contribution in [-0.4, -0.2) is 16.9 Å². The number of nitrogens with one attached hydrogen (secondary N) is 2. The number of para-hydroxylation sites is 1. The third-order valence-corrected chi connectivity index (χ3v) is 3.73. The first-order chi connectivity index (χ1) is 11.2. The van der Waals surface area contributed by atoms with E-state index in [-0.39, 0.29) is 5.91 Å². The summed E-state index contributed by atoms with van der Waals surface area (Å²) in [4.78, 5) is 15.4. The Hall–Kier alpha value is -3.10. The van der Waals surface area contributed by atoms with Gasteiger partial charge in [-0.3, -0.25) is 4.79 Å². The molecule has 4 N–H and O–H groups in total. The molecule has 0 saturated heterocycles. The van der Waals surface area contributed by atoms with Crippen LogP contribution in [0.25, 0.3) is 10.9 Å². The van der Waals surface area contributed by atoms with E-state index < -0.39 is 6.04 Å². The van der Waals surface area contributed by atoms with Crippen molar-refractivity contribution in [3.05, 3.63) is 65.9 Å². The highest BCUT2D eigenvalue weighted by Crippen LogP contribution is 2.19. The van der Waals surface area contributed by atoms with Crippen molar-refractivity contribution in [2.24, 2.45) is 5.73 Å². The number of aromatic nitrogens is 1. The normalized spacial score (nSPS) is 11.8. The summed E-state index contributed by atoms with van der Waals surface area (Å²) >= 11 is 0. The third-order valence-electron chi connectivity index (χ3n) is 3.73. The largest absolute Gasteiger partial charge is 0.361 e. The molecule has 0 aliphatic rings. The predicted molar refractivity (Wildman–Crippen MR) is 89.8 cm³/mol. The molecule has 0 spiro atoms. The highest BCUT2D eigenvalue weighted by Gasteiger charge is 2.16. The third kappa shape index (κ3) is 3.23.